The molecule has 10 heteroatoms. The highest BCUT2D eigenvalue weighted by Crippen LogP contribution is 2.39. The first-order chi connectivity index (χ1) is 17.2. The Morgan fingerprint density at radius 1 is 1.08 bits per heavy atom. The second kappa shape index (κ2) is 15.8. The molecule has 2 aromatic carbocycles. The second-order valence-corrected chi connectivity index (χ2v) is 10.1. The quantitative estimate of drug-likeness (QED) is 0.210. The number of anilines is 1. The van der Waals surface area contributed by atoms with Crippen molar-refractivity contribution >= 4 is 73.0 Å². The maximum Gasteiger partial charge on any atom is 0.237 e. The SMILES string of the molecule is C=C.CC.CC/C=C(Cl)\C=C(\Cl)CS(=O)(=O)Nc1cc(Cl)c(Oc2cnc3ccccc3c2)c(Cl)c1. The van der Waals surface area contributed by atoms with Crippen molar-refractivity contribution in [1.82, 2.24) is 4.98 Å². The Morgan fingerprint density at radius 3 is 2.31 bits per heavy atom. The minimum atomic E-state index is -3.83. The summed E-state index contributed by atoms with van der Waals surface area (Å²) in [5.74, 6) is 0.163. The van der Waals surface area contributed by atoms with Crippen LogP contribution in [0.25, 0.3) is 10.9 Å². The lowest BCUT2D eigenvalue weighted by Gasteiger charge is -2.13. The van der Waals surface area contributed by atoms with Gasteiger partial charge in [-0.3, -0.25) is 9.71 Å². The molecule has 0 fully saturated rings. The van der Waals surface area contributed by atoms with Crippen LogP contribution in [-0.4, -0.2) is 19.2 Å². The van der Waals surface area contributed by atoms with Gasteiger partial charge in [-0.2, -0.15) is 0 Å². The Balaban J connectivity index is 0.00000154. The summed E-state index contributed by atoms with van der Waals surface area (Å²) in [6.07, 6.45) is 5.36. The highest BCUT2D eigenvalue weighted by Gasteiger charge is 2.17. The molecule has 0 radical (unpaired) electrons. The minimum absolute atomic E-state index is 0.0631. The monoisotopic (exact) mass is 588 g/mol. The number of allylic oxidation sites excluding steroid dienone is 3. The van der Waals surface area contributed by atoms with Crippen molar-refractivity contribution in [3.8, 4) is 11.5 Å². The Hall–Kier alpha value is -2.22. The molecular formula is C26H28Cl4N2O3S. The van der Waals surface area contributed by atoms with Crippen LogP contribution in [0.4, 0.5) is 5.69 Å². The van der Waals surface area contributed by atoms with Gasteiger partial charge in [0.05, 0.1) is 27.4 Å². The first-order valence-electron chi connectivity index (χ1n) is 10.9. The van der Waals surface area contributed by atoms with Crippen LogP contribution in [-0.2, 0) is 10.0 Å². The fourth-order valence-corrected chi connectivity index (χ4v) is 5.23. The van der Waals surface area contributed by atoms with E-state index in [1.54, 1.807) is 18.3 Å². The molecule has 3 rings (SSSR count). The number of sulfonamides is 1. The first kappa shape index (κ1) is 31.8. The third kappa shape index (κ3) is 10.0. The number of hydrogen-bond acceptors (Lipinski definition) is 4. The van der Waals surface area contributed by atoms with Crippen LogP contribution >= 0.6 is 46.4 Å². The summed E-state index contributed by atoms with van der Waals surface area (Å²) in [6, 6.07) is 12.2. The molecule has 0 unspecified atom stereocenters. The Morgan fingerprint density at radius 2 is 1.69 bits per heavy atom. The van der Waals surface area contributed by atoms with Crippen molar-refractivity contribution in [3.05, 3.63) is 94.1 Å². The Kier molecular flexibility index (Phi) is 14.0. The van der Waals surface area contributed by atoms with Crippen LogP contribution < -0.4 is 9.46 Å². The maximum absolute atomic E-state index is 12.4. The van der Waals surface area contributed by atoms with E-state index in [4.69, 9.17) is 51.1 Å². The van der Waals surface area contributed by atoms with Crippen LogP contribution in [0.1, 0.15) is 27.2 Å². The van der Waals surface area contributed by atoms with E-state index in [9.17, 15) is 8.42 Å². The first-order valence-corrected chi connectivity index (χ1v) is 14.1. The third-order valence-corrected chi connectivity index (χ3v) is 6.54. The van der Waals surface area contributed by atoms with Gasteiger partial charge in [-0.1, -0.05) is 91.5 Å². The van der Waals surface area contributed by atoms with Crippen LogP contribution in [0.5, 0.6) is 11.5 Å². The number of nitrogens with one attached hydrogen (secondary N) is 1. The molecule has 194 valence electrons. The summed E-state index contributed by atoms with van der Waals surface area (Å²) in [7, 11) is -3.83. The normalized spacial score (nSPS) is 11.6. The lowest BCUT2D eigenvalue weighted by Crippen LogP contribution is -2.17. The fourth-order valence-electron chi connectivity index (χ4n) is 2.78. The number of benzene rings is 2. The van der Waals surface area contributed by atoms with E-state index in [-0.39, 0.29) is 26.5 Å². The van der Waals surface area contributed by atoms with Gasteiger partial charge in [0.25, 0.3) is 0 Å². The molecule has 1 N–H and O–H groups in total. The molecule has 3 aromatic rings. The summed E-state index contributed by atoms with van der Waals surface area (Å²) < 4.78 is 33.1. The van der Waals surface area contributed by atoms with E-state index in [1.165, 1.54) is 18.2 Å². The molecule has 36 heavy (non-hydrogen) atoms. The minimum Gasteiger partial charge on any atom is -0.453 e. The standard InChI is InChI=1S/C22H18Cl4N2O3S.C2H6.C2H4/c1-2-5-15(23)9-16(24)13-32(29,30)28-17-10-19(25)22(20(26)11-17)31-18-8-14-6-3-4-7-21(14)27-12-18;2*1-2/h3-12,28H,2,13H2,1H3;1-2H3;1-2H2/b15-5+,16-9+;;. The molecule has 5 nitrogen and oxygen atoms in total. The van der Waals surface area contributed by atoms with Gasteiger partial charge in [0, 0.05) is 15.5 Å². The zero-order valence-electron chi connectivity index (χ0n) is 20.2. The van der Waals surface area contributed by atoms with E-state index in [1.807, 2.05) is 45.0 Å². The Labute approximate surface area is 233 Å². The molecule has 0 atom stereocenters. The van der Waals surface area contributed by atoms with Crippen molar-refractivity contribution in [2.24, 2.45) is 0 Å². The molecule has 0 aliphatic heterocycles. The largest absolute Gasteiger partial charge is 0.453 e. The van der Waals surface area contributed by atoms with Gasteiger partial charge < -0.3 is 4.74 Å². The molecule has 0 aliphatic rings. The second-order valence-electron chi connectivity index (χ2n) is 6.68. The molecule has 0 amide bonds. The van der Waals surface area contributed by atoms with Crippen molar-refractivity contribution in [2.45, 2.75) is 27.2 Å². The highest BCUT2D eigenvalue weighted by atomic mass is 35.5. The number of halogens is 4. The number of para-hydroxylation sites is 1. The van der Waals surface area contributed by atoms with Crippen LogP contribution in [0, 0.1) is 0 Å². The van der Waals surface area contributed by atoms with Crippen LogP contribution in [0.15, 0.2) is 84.0 Å². The highest BCUT2D eigenvalue weighted by molar-refractivity contribution is 7.92. The lowest BCUT2D eigenvalue weighted by molar-refractivity contribution is 0.482. The molecule has 0 aliphatic carbocycles. The maximum atomic E-state index is 12.4. The van der Waals surface area contributed by atoms with Gasteiger partial charge in [0.15, 0.2) is 5.75 Å². The topological polar surface area (TPSA) is 68.3 Å². The molecule has 1 heterocycles. The zero-order valence-corrected chi connectivity index (χ0v) is 24.0. The van der Waals surface area contributed by atoms with Crippen LogP contribution in [0.3, 0.4) is 0 Å². The molecule has 1 aromatic heterocycles. The van der Waals surface area contributed by atoms with Gasteiger partial charge in [-0.25, -0.2) is 8.42 Å². The summed E-state index contributed by atoms with van der Waals surface area (Å²) in [4.78, 5) is 4.33. The number of rotatable bonds is 8. The lowest BCUT2D eigenvalue weighted by atomic mass is 10.2. The van der Waals surface area contributed by atoms with E-state index < -0.39 is 15.8 Å². The van der Waals surface area contributed by atoms with Crippen molar-refractivity contribution in [3.63, 3.8) is 0 Å². The predicted octanol–water partition coefficient (Wildman–Crippen LogP) is 9.56. The summed E-state index contributed by atoms with van der Waals surface area (Å²) >= 11 is 24.6. The van der Waals surface area contributed by atoms with E-state index in [2.05, 4.69) is 22.9 Å². The Bertz CT molecular complexity index is 1300. The molecular weight excluding hydrogens is 562 g/mol. The average molecular weight is 590 g/mol. The summed E-state index contributed by atoms with van der Waals surface area (Å²) in [5, 5.41) is 1.56. The van der Waals surface area contributed by atoms with Crippen molar-refractivity contribution in [2.75, 3.05) is 10.5 Å². The number of nitrogens with zero attached hydrogens (tertiary/aromatic N) is 1. The number of fused-ring (bicyclic) bond motifs is 1. The van der Waals surface area contributed by atoms with Crippen molar-refractivity contribution in [1.29, 1.82) is 0 Å². The average Bonchev–Trinajstić information content (AvgIpc) is 2.83. The fraction of sp³-hybridized carbons (Fsp3) is 0.192. The van der Waals surface area contributed by atoms with Gasteiger partial charge in [-0.15, -0.1) is 13.2 Å². The van der Waals surface area contributed by atoms with Crippen molar-refractivity contribution < 1.29 is 13.2 Å². The molecule has 0 saturated carbocycles. The van der Waals surface area contributed by atoms with E-state index >= 15 is 0 Å². The number of pyridine rings is 1. The zero-order chi connectivity index (χ0) is 27.3. The van der Waals surface area contributed by atoms with E-state index in [0.29, 0.717) is 17.2 Å². The van der Waals surface area contributed by atoms with Gasteiger partial charge in [0.2, 0.25) is 10.0 Å². The molecule has 0 spiro atoms. The van der Waals surface area contributed by atoms with Gasteiger partial charge >= 0.3 is 0 Å². The third-order valence-electron chi connectivity index (χ3n) is 4.08. The number of hydrogen-bond donors (Lipinski definition) is 1. The summed E-state index contributed by atoms with van der Waals surface area (Å²) in [6.45, 7) is 11.9. The molecule has 0 bridgehead atoms. The van der Waals surface area contributed by atoms with Gasteiger partial charge in [-0.05, 0) is 36.8 Å². The molecule has 0 saturated heterocycles. The predicted molar refractivity (Wildman–Crippen MR) is 156 cm³/mol. The van der Waals surface area contributed by atoms with Crippen LogP contribution in [0.2, 0.25) is 10.0 Å². The van der Waals surface area contributed by atoms with Gasteiger partial charge in [0.1, 0.15) is 11.5 Å². The van der Waals surface area contributed by atoms with E-state index in [0.717, 1.165) is 10.9 Å². The number of aromatic nitrogens is 1. The summed E-state index contributed by atoms with van der Waals surface area (Å²) in [5.41, 5.74) is 0.990. The number of ether oxygens (including phenoxy) is 1. The smallest absolute Gasteiger partial charge is 0.237 e.